The molecule has 25 heavy (non-hydrogen) atoms. The lowest BCUT2D eigenvalue weighted by Crippen LogP contribution is -2.34. The van der Waals surface area contributed by atoms with Crippen LogP contribution in [0, 0.1) is 5.41 Å². The van der Waals surface area contributed by atoms with Crippen molar-refractivity contribution in [2.75, 3.05) is 7.11 Å². The zero-order chi connectivity index (χ0) is 18.2. The Morgan fingerprint density at radius 1 is 1.28 bits per heavy atom. The third-order valence-electron chi connectivity index (χ3n) is 5.14. The van der Waals surface area contributed by atoms with Gasteiger partial charge < -0.3 is 15.2 Å². The fraction of sp³-hybridized carbons (Fsp3) is 0.381. The van der Waals surface area contributed by atoms with E-state index in [-0.39, 0.29) is 11.5 Å². The summed E-state index contributed by atoms with van der Waals surface area (Å²) in [5, 5.41) is 11.9. The molecule has 3 rings (SSSR count). The van der Waals surface area contributed by atoms with E-state index in [4.69, 9.17) is 4.74 Å². The summed E-state index contributed by atoms with van der Waals surface area (Å²) in [6.07, 6.45) is 0.847. The van der Waals surface area contributed by atoms with Crippen molar-refractivity contribution in [1.82, 2.24) is 5.32 Å². The Morgan fingerprint density at radius 3 is 2.52 bits per heavy atom. The van der Waals surface area contributed by atoms with Crippen LogP contribution < -0.4 is 10.1 Å². The van der Waals surface area contributed by atoms with E-state index in [1.165, 1.54) is 11.1 Å². The number of ether oxygens (including phenoxy) is 1. The molecular formula is C21H25NO3. The molecule has 2 aromatic carbocycles. The molecule has 2 N–H and O–H groups in total. The number of aryl methyl sites for hydroxylation is 1. The molecule has 0 fully saturated rings. The molecule has 1 aliphatic rings. The Hall–Kier alpha value is -2.49. The largest absolute Gasteiger partial charge is 0.496 e. The maximum absolute atomic E-state index is 11.2. The van der Waals surface area contributed by atoms with Gasteiger partial charge in [0.1, 0.15) is 5.75 Å². The highest BCUT2D eigenvalue weighted by Gasteiger charge is 2.40. The van der Waals surface area contributed by atoms with Crippen LogP contribution in [0.1, 0.15) is 43.5 Å². The lowest BCUT2D eigenvalue weighted by atomic mass is 9.85. The Morgan fingerprint density at radius 2 is 1.96 bits per heavy atom. The lowest BCUT2D eigenvalue weighted by Gasteiger charge is -2.27. The van der Waals surface area contributed by atoms with E-state index in [2.05, 4.69) is 56.4 Å². The van der Waals surface area contributed by atoms with Gasteiger partial charge >= 0.3 is 6.09 Å². The lowest BCUT2D eigenvalue weighted by molar-refractivity contribution is 0.175. The molecule has 0 aromatic heterocycles. The zero-order valence-corrected chi connectivity index (χ0v) is 15.2. The van der Waals surface area contributed by atoms with Crippen LogP contribution in [-0.4, -0.2) is 18.3 Å². The molecule has 1 unspecified atom stereocenters. The summed E-state index contributed by atoms with van der Waals surface area (Å²) in [5.41, 5.74) is 5.49. The van der Waals surface area contributed by atoms with E-state index in [1.54, 1.807) is 7.11 Å². The number of fused-ring (bicyclic) bond motifs is 1. The molecule has 1 atom stereocenters. The van der Waals surface area contributed by atoms with Gasteiger partial charge in [0, 0.05) is 5.56 Å². The number of nitrogens with one attached hydrogen (secondary N) is 1. The van der Waals surface area contributed by atoms with Crippen LogP contribution in [0.2, 0.25) is 0 Å². The summed E-state index contributed by atoms with van der Waals surface area (Å²) < 4.78 is 5.63. The summed E-state index contributed by atoms with van der Waals surface area (Å²) in [6, 6.07) is 12.4. The van der Waals surface area contributed by atoms with Crippen LogP contribution in [0.25, 0.3) is 11.1 Å². The maximum atomic E-state index is 11.2. The Labute approximate surface area is 148 Å². The molecule has 0 radical (unpaired) electrons. The van der Waals surface area contributed by atoms with Crippen LogP contribution in [0.4, 0.5) is 4.79 Å². The summed E-state index contributed by atoms with van der Waals surface area (Å²) in [7, 11) is 1.66. The Bertz CT molecular complexity index is 794. The van der Waals surface area contributed by atoms with Gasteiger partial charge in [-0.15, -0.1) is 0 Å². The quantitative estimate of drug-likeness (QED) is 0.840. The van der Waals surface area contributed by atoms with Crippen molar-refractivity contribution in [1.29, 1.82) is 0 Å². The zero-order valence-electron chi connectivity index (χ0n) is 15.2. The van der Waals surface area contributed by atoms with Gasteiger partial charge in [0.25, 0.3) is 0 Å². The highest BCUT2D eigenvalue weighted by Crippen LogP contribution is 2.48. The van der Waals surface area contributed by atoms with Crippen LogP contribution in [0.15, 0.2) is 36.4 Å². The molecule has 1 amide bonds. The second-order valence-electron chi connectivity index (χ2n) is 7.35. The molecule has 0 saturated heterocycles. The van der Waals surface area contributed by atoms with Crippen molar-refractivity contribution < 1.29 is 14.6 Å². The fourth-order valence-corrected chi connectivity index (χ4v) is 3.79. The third-order valence-corrected chi connectivity index (χ3v) is 5.14. The molecule has 2 aromatic rings. The van der Waals surface area contributed by atoms with Gasteiger partial charge in [0.15, 0.2) is 0 Å². The van der Waals surface area contributed by atoms with Crippen molar-refractivity contribution in [2.24, 2.45) is 5.41 Å². The number of hydrogen-bond donors (Lipinski definition) is 2. The van der Waals surface area contributed by atoms with Gasteiger partial charge in [-0.25, -0.2) is 4.79 Å². The van der Waals surface area contributed by atoms with Crippen molar-refractivity contribution >= 4 is 6.09 Å². The molecule has 0 heterocycles. The van der Waals surface area contributed by atoms with Crippen molar-refractivity contribution in [3.05, 3.63) is 53.1 Å². The molecule has 1 aliphatic carbocycles. The summed E-state index contributed by atoms with van der Waals surface area (Å²) in [5.74, 6) is 0.776. The van der Waals surface area contributed by atoms with Crippen molar-refractivity contribution in [3.63, 3.8) is 0 Å². The molecule has 132 valence electrons. The molecule has 0 aliphatic heterocycles. The first-order valence-electron chi connectivity index (χ1n) is 8.65. The van der Waals surface area contributed by atoms with Gasteiger partial charge in [0.05, 0.1) is 13.2 Å². The van der Waals surface area contributed by atoms with E-state index >= 15 is 0 Å². The predicted octanol–water partition coefficient (Wildman–Crippen LogP) is 4.82. The average Bonchev–Trinajstić information content (AvgIpc) is 2.83. The number of carbonyl (C=O) groups is 1. The molecule has 4 nitrogen and oxygen atoms in total. The highest BCUT2D eigenvalue weighted by atomic mass is 16.5. The molecular weight excluding hydrogens is 314 g/mol. The van der Waals surface area contributed by atoms with Crippen LogP contribution in [0.5, 0.6) is 5.75 Å². The van der Waals surface area contributed by atoms with Crippen molar-refractivity contribution in [2.45, 2.75) is 39.7 Å². The monoisotopic (exact) mass is 339 g/mol. The average molecular weight is 339 g/mol. The molecule has 0 saturated carbocycles. The molecule has 0 bridgehead atoms. The van der Waals surface area contributed by atoms with E-state index < -0.39 is 6.09 Å². The van der Waals surface area contributed by atoms with Crippen LogP contribution >= 0.6 is 0 Å². The minimum atomic E-state index is -0.996. The number of amides is 1. The summed E-state index contributed by atoms with van der Waals surface area (Å²) >= 11 is 0. The number of methoxy groups -OCH3 is 1. The van der Waals surface area contributed by atoms with Gasteiger partial charge in [-0.2, -0.15) is 0 Å². The van der Waals surface area contributed by atoms with E-state index in [1.807, 2.05) is 6.07 Å². The smallest absolute Gasteiger partial charge is 0.405 e. The standard InChI is InChI=1S/C21H25NO3/c1-5-13-6-8-14(9-7-13)16-10-15-12-21(2,3)19(22-20(23)24)17(15)11-18(16)25-4/h6-11,19,22H,5,12H2,1-4H3,(H,23,24). The first-order chi connectivity index (χ1) is 11.9. The first kappa shape index (κ1) is 17.3. The predicted molar refractivity (Wildman–Crippen MR) is 99.2 cm³/mol. The van der Waals surface area contributed by atoms with Gasteiger partial charge in [-0.3, -0.25) is 0 Å². The second kappa shape index (κ2) is 6.43. The van der Waals surface area contributed by atoms with Gasteiger partial charge in [-0.1, -0.05) is 45.0 Å². The van der Waals surface area contributed by atoms with Crippen molar-refractivity contribution in [3.8, 4) is 16.9 Å². The fourth-order valence-electron chi connectivity index (χ4n) is 3.79. The van der Waals surface area contributed by atoms with Crippen LogP contribution in [0.3, 0.4) is 0 Å². The highest BCUT2D eigenvalue weighted by molar-refractivity contribution is 5.74. The molecule has 4 heteroatoms. The van der Waals surface area contributed by atoms with E-state index in [9.17, 15) is 9.90 Å². The topological polar surface area (TPSA) is 58.6 Å². The number of hydrogen-bond acceptors (Lipinski definition) is 2. The minimum absolute atomic E-state index is 0.170. The third kappa shape index (κ3) is 3.21. The maximum Gasteiger partial charge on any atom is 0.405 e. The number of carboxylic acid groups (broad SMARTS) is 1. The summed E-state index contributed by atoms with van der Waals surface area (Å²) in [4.78, 5) is 11.2. The first-order valence-corrected chi connectivity index (χ1v) is 8.65. The van der Waals surface area contributed by atoms with Gasteiger partial charge in [0.2, 0.25) is 0 Å². The minimum Gasteiger partial charge on any atom is -0.496 e. The van der Waals surface area contributed by atoms with E-state index in [0.29, 0.717) is 0 Å². The number of rotatable bonds is 4. The molecule has 0 spiro atoms. The Balaban J connectivity index is 2.08. The van der Waals surface area contributed by atoms with Gasteiger partial charge in [-0.05, 0) is 52.6 Å². The summed E-state index contributed by atoms with van der Waals surface area (Å²) in [6.45, 7) is 6.33. The van der Waals surface area contributed by atoms with Crippen LogP contribution in [-0.2, 0) is 12.8 Å². The number of benzene rings is 2. The normalized spacial score (nSPS) is 17.8. The Kier molecular flexibility index (Phi) is 4.46. The second-order valence-corrected chi connectivity index (χ2v) is 7.35. The van der Waals surface area contributed by atoms with E-state index in [0.717, 1.165) is 35.3 Å². The SMILES string of the molecule is CCc1ccc(-c2cc3c(cc2OC)C(NC(=O)O)C(C)(C)C3)cc1.